The van der Waals surface area contributed by atoms with Gasteiger partial charge in [-0.05, 0) is 0 Å². The quantitative estimate of drug-likeness (QED) is 0.610. The third kappa shape index (κ3) is 4.59. The smallest absolute Gasteiger partial charge is 0.330 e. The molecule has 0 unspecified atom stereocenters. The summed E-state index contributed by atoms with van der Waals surface area (Å²) in [6, 6.07) is 1.13. The first-order chi connectivity index (χ1) is 8.84. The van der Waals surface area contributed by atoms with E-state index in [4.69, 9.17) is 4.42 Å². The molecule has 0 aromatic carbocycles. The summed E-state index contributed by atoms with van der Waals surface area (Å²) in [5.74, 6) is -1.04. The van der Waals surface area contributed by atoms with Crippen LogP contribution in [0.3, 0.4) is 0 Å². The summed E-state index contributed by atoms with van der Waals surface area (Å²) in [7, 11) is -2.24. The Morgan fingerprint density at radius 1 is 1.47 bits per heavy atom. The molecule has 1 amide bonds. The van der Waals surface area contributed by atoms with Crippen LogP contribution in [0.25, 0.3) is 0 Å². The summed E-state index contributed by atoms with van der Waals surface area (Å²) in [4.78, 5) is 22.3. The second-order valence-electron chi connectivity index (χ2n) is 3.56. The van der Waals surface area contributed by atoms with Crippen molar-refractivity contribution in [2.75, 3.05) is 19.9 Å². The van der Waals surface area contributed by atoms with Crippen LogP contribution < -0.4 is 5.32 Å². The SMILES string of the molecule is COC(=O)/C=C/CNC(=O)c1coc(S(C)(=O)=O)c1. The average molecular weight is 287 g/mol. The maximum Gasteiger partial charge on any atom is 0.330 e. The first kappa shape index (κ1) is 15.0. The van der Waals surface area contributed by atoms with Gasteiger partial charge in [-0.2, -0.15) is 0 Å². The van der Waals surface area contributed by atoms with Gasteiger partial charge < -0.3 is 14.5 Å². The number of nitrogens with one attached hydrogen (secondary N) is 1. The van der Waals surface area contributed by atoms with Gasteiger partial charge in [-0.15, -0.1) is 0 Å². The summed E-state index contributed by atoms with van der Waals surface area (Å²) >= 11 is 0. The van der Waals surface area contributed by atoms with Crippen molar-refractivity contribution >= 4 is 21.7 Å². The number of furan rings is 1. The van der Waals surface area contributed by atoms with E-state index in [0.717, 1.165) is 24.7 Å². The fourth-order valence-corrected chi connectivity index (χ4v) is 1.67. The number of hydrogen-bond donors (Lipinski definition) is 1. The van der Waals surface area contributed by atoms with Gasteiger partial charge in [0.15, 0.2) is 0 Å². The lowest BCUT2D eigenvalue weighted by Gasteiger charge is -1.97. The molecule has 104 valence electrons. The van der Waals surface area contributed by atoms with Crippen LogP contribution in [0.1, 0.15) is 10.4 Å². The Hall–Kier alpha value is -2.09. The highest BCUT2D eigenvalue weighted by molar-refractivity contribution is 7.90. The molecule has 0 saturated heterocycles. The van der Waals surface area contributed by atoms with Crippen LogP contribution in [-0.2, 0) is 19.4 Å². The zero-order valence-electron chi connectivity index (χ0n) is 10.4. The van der Waals surface area contributed by atoms with Crippen molar-refractivity contribution in [2.45, 2.75) is 5.09 Å². The summed E-state index contributed by atoms with van der Waals surface area (Å²) in [6.45, 7) is 0.104. The maximum atomic E-state index is 11.6. The van der Waals surface area contributed by atoms with Crippen molar-refractivity contribution in [1.82, 2.24) is 5.32 Å². The molecule has 8 heteroatoms. The zero-order chi connectivity index (χ0) is 14.5. The number of amides is 1. The van der Waals surface area contributed by atoms with E-state index in [1.165, 1.54) is 13.2 Å². The van der Waals surface area contributed by atoms with Crippen molar-refractivity contribution in [3.63, 3.8) is 0 Å². The predicted molar refractivity (Wildman–Crippen MR) is 65.3 cm³/mol. The predicted octanol–water partition coefficient (Wildman–Crippen LogP) is 0.142. The minimum absolute atomic E-state index is 0.0897. The monoisotopic (exact) mass is 287 g/mol. The molecule has 0 bridgehead atoms. The van der Waals surface area contributed by atoms with Crippen LogP contribution in [0, 0.1) is 0 Å². The Bertz CT molecular complexity index is 598. The Labute approximate surface area is 110 Å². The minimum Gasteiger partial charge on any atom is -0.466 e. The van der Waals surface area contributed by atoms with Crippen molar-refractivity contribution in [2.24, 2.45) is 0 Å². The van der Waals surface area contributed by atoms with Gasteiger partial charge in [0.25, 0.3) is 5.91 Å². The molecule has 1 heterocycles. The van der Waals surface area contributed by atoms with Gasteiger partial charge in [0.2, 0.25) is 14.9 Å². The molecule has 1 aromatic heterocycles. The molecule has 0 radical (unpaired) electrons. The van der Waals surface area contributed by atoms with Gasteiger partial charge in [0, 0.05) is 24.9 Å². The Morgan fingerprint density at radius 3 is 2.68 bits per heavy atom. The molecule has 0 aliphatic heterocycles. The lowest BCUT2D eigenvalue weighted by Crippen LogP contribution is -2.22. The number of rotatable bonds is 5. The van der Waals surface area contributed by atoms with Gasteiger partial charge in [-0.1, -0.05) is 6.08 Å². The Balaban J connectivity index is 2.58. The lowest BCUT2D eigenvalue weighted by atomic mass is 10.3. The third-order valence-corrected chi connectivity index (χ3v) is 2.98. The van der Waals surface area contributed by atoms with E-state index in [9.17, 15) is 18.0 Å². The van der Waals surface area contributed by atoms with Crippen molar-refractivity contribution in [1.29, 1.82) is 0 Å². The van der Waals surface area contributed by atoms with Crippen LogP contribution in [0.5, 0.6) is 0 Å². The Kier molecular flexibility index (Phi) is 4.87. The highest BCUT2D eigenvalue weighted by Crippen LogP contribution is 2.13. The van der Waals surface area contributed by atoms with Crippen LogP contribution in [0.4, 0.5) is 0 Å². The van der Waals surface area contributed by atoms with E-state index >= 15 is 0 Å². The minimum atomic E-state index is -3.48. The molecule has 0 fully saturated rings. The number of sulfone groups is 1. The van der Waals surface area contributed by atoms with E-state index in [-0.39, 0.29) is 17.2 Å². The molecule has 19 heavy (non-hydrogen) atoms. The first-order valence-corrected chi connectivity index (χ1v) is 7.05. The second kappa shape index (κ2) is 6.19. The van der Waals surface area contributed by atoms with Crippen molar-refractivity contribution < 1.29 is 27.2 Å². The zero-order valence-corrected chi connectivity index (χ0v) is 11.2. The summed E-state index contributed by atoms with van der Waals surface area (Å²) < 4.78 is 31.4. The van der Waals surface area contributed by atoms with Gasteiger partial charge >= 0.3 is 5.97 Å². The van der Waals surface area contributed by atoms with Gasteiger partial charge in [-0.25, -0.2) is 13.2 Å². The van der Waals surface area contributed by atoms with E-state index in [1.807, 2.05) is 0 Å². The molecular formula is C11H13NO6S. The molecule has 0 aliphatic carbocycles. The largest absolute Gasteiger partial charge is 0.466 e. The summed E-state index contributed by atoms with van der Waals surface area (Å²) in [5.41, 5.74) is 0.0897. The fraction of sp³-hybridized carbons (Fsp3) is 0.273. The standard InChI is InChI=1S/C11H13NO6S/c1-17-9(13)4-3-5-12-11(14)8-6-10(18-7-8)19(2,15)16/h3-4,6-7H,5H2,1-2H3,(H,12,14)/b4-3+. The molecule has 7 nitrogen and oxygen atoms in total. The highest BCUT2D eigenvalue weighted by atomic mass is 32.2. The van der Waals surface area contributed by atoms with E-state index in [1.54, 1.807) is 0 Å². The van der Waals surface area contributed by atoms with Gasteiger partial charge in [0.1, 0.15) is 6.26 Å². The van der Waals surface area contributed by atoms with Crippen LogP contribution >= 0.6 is 0 Å². The van der Waals surface area contributed by atoms with E-state index in [0.29, 0.717) is 0 Å². The normalized spacial score (nSPS) is 11.5. The first-order valence-electron chi connectivity index (χ1n) is 5.16. The molecule has 0 aliphatic rings. The fourth-order valence-electron chi connectivity index (χ4n) is 1.11. The molecule has 1 N–H and O–H groups in total. The Morgan fingerprint density at radius 2 is 2.16 bits per heavy atom. The maximum absolute atomic E-state index is 11.6. The number of esters is 1. The van der Waals surface area contributed by atoms with E-state index in [2.05, 4.69) is 10.1 Å². The highest BCUT2D eigenvalue weighted by Gasteiger charge is 2.15. The van der Waals surface area contributed by atoms with Crippen molar-refractivity contribution in [3.05, 3.63) is 30.0 Å². The van der Waals surface area contributed by atoms with E-state index < -0.39 is 21.7 Å². The third-order valence-electron chi connectivity index (χ3n) is 2.04. The molecule has 1 aromatic rings. The molecule has 0 atom stereocenters. The number of carbonyl (C=O) groups excluding carboxylic acids is 2. The van der Waals surface area contributed by atoms with Crippen molar-refractivity contribution in [3.8, 4) is 0 Å². The molecule has 0 saturated carbocycles. The summed E-state index contributed by atoms with van der Waals surface area (Å²) in [5, 5.41) is 2.18. The van der Waals surface area contributed by atoms with Gasteiger partial charge in [0.05, 0.1) is 12.7 Å². The number of hydrogen-bond acceptors (Lipinski definition) is 6. The van der Waals surface area contributed by atoms with Crippen LogP contribution in [0.2, 0.25) is 0 Å². The molecular weight excluding hydrogens is 274 g/mol. The number of carbonyl (C=O) groups is 2. The van der Waals surface area contributed by atoms with Crippen LogP contribution in [-0.4, -0.2) is 40.2 Å². The average Bonchev–Trinajstić information content (AvgIpc) is 2.83. The number of methoxy groups -OCH3 is 1. The van der Waals surface area contributed by atoms with Crippen LogP contribution in [0.15, 0.2) is 34.0 Å². The summed E-state index contributed by atoms with van der Waals surface area (Å²) in [6.07, 6.45) is 4.60. The topological polar surface area (TPSA) is 103 Å². The molecule has 1 rings (SSSR count). The number of ether oxygens (including phenoxy) is 1. The second-order valence-corrected chi connectivity index (χ2v) is 5.51. The van der Waals surface area contributed by atoms with Gasteiger partial charge in [-0.3, -0.25) is 4.79 Å². The molecule has 0 spiro atoms. The lowest BCUT2D eigenvalue weighted by molar-refractivity contribution is -0.134.